The minimum absolute atomic E-state index is 0.335. The largest absolute Gasteiger partial charge is 0.368 e. The van der Waals surface area contributed by atoms with Crippen LogP contribution in [-0.4, -0.2) is 16.5 Å². The summed E-state index contributed by atoms with van der Waals surface area (Å²) in [5.41, 5.74) is 10.3. The Balaban J connectivity index is 2.00. The van der Waals surface area contributed by atoms with Crippen LogP contribution in [0.5, 0.6) is 0 Å². The van der Waals surface area contributed by atoms with E-state index in [1.54, 1.807) is 0 Å². The highest BCUT2D eigenvalue weighted by molar-refractivity contribution is 5.64. The van der Waals surface area contributed by atoms with Gasteiger partial charge in [-0.05, 0) is 18.1 Å². The number of rotatable bonds is 3. The molecule has 3 rings (SSSR count). The fourth-order valence-electron chi connectivity index (χ4n) is 2.54. The van der Waals surface area contributed by atoms with E-state index in [0.29, 0.717) is 5.95 Å². The van der Waals surface area contributed by atoms with Gasteiger partial charge in [0.15, 0.2) is 0 Å². The van der Waals surface area contributed by atoms with Crippen LogP contribution >= 0.6 is 0 Å². The lowest BCUT2D eigenvalue weighted by molar-refractivity contribution is 0.629. The quantitative estimate of drug-likeness (QED) is 0.794. The fraction of sp³-hybridized carbons (Fsp3) is 0.333. The third kappa shape index (κ3) is 2.44. The maximum absolute atomic E-state index is 5.82. The zero-order valence-electron chi connectivity index (χ0n) is 11.6. The van der Waals surface area contributed by atoms with Crippen molar-refractivity contribution >= 4 is 17.5 Å². The van der Waals surface area contributed by atoms with Gasteiger partial charge in [0, 0.05) is 30.8 Å². The highest BCUT2D eigenvalue weighted by atomic mass is 15.1. The molecule has 0 radical (unpaired) electrons. The fourth-order valence-corrected chi connectivity index (χ4v) is 2.54. The van der Waals surface area contributed by atoms with Crippen LogP contribution < -0.4 is 16.4 Å². The van der Waals surface area contributed by atoms with E-state index in [-0.39, 0.29) is 0 Å². The number of aromatic nitrogens is 2. The number of hydrogen-bond acceptors (Lipinski definition) is 5. The van der Waals surface area contributed by atoms with Crippen molar-refractivity contribution in [3.8, 4) is 0 Å². The van der Waals surface area contributed by atoms with E-state index >= 15 is 0 Å². The van der Waals surface area contributed by atoms with Gasteiger partial charge in [-0.1, -0.05) is 25.1 Å². The summed E-state index contributed by atoms with van der Waals surface area (Å²) >= 11 is 0. The smallest absolute Gasteiger partial charge is 0.222 e. The molecule has 1 aromatic heterocycles. The molecule has 0 aliphatic carbocycles. The van der Waals surface area contributed by atoms with Crippen molar-refractivity contribution in [3.05, 3.63) is 41.1 Å². The topological polar surface area (TPSA) is 75.9 Å². The van der Waals surface area contributed by atoms with Crippen molar-refractivity contribution in [2.24, 2.45) is 0 Å². The molecule has 2 aromatic rings. The molecule has 0 spiro atoms. The number of para-hydroxylation sites is 1. The van der Waals surface area contributed by atoms with Crippen LogP contribution in [0.1, 0.15) is 23.7 Å². The molecule has 0 unspecified atom stereocenters. The standard InChI is InChI=1S/C15H19N5/c1-2-10-5-3-4-6-12(10)18-14-11-9-17-8-7-13(11)19-15(16)20-14/h3-6,17H,2,7-9H2,1H3,(H3,16,18,19,20). The molecule has 1 aliphatic heterocycles. The first-order valence-corrected chi connectivity index (χ1v) is 6.99. The number of nitrogens with two attached hydrogens (primary N) is 1. The number of aryl methyl sites for hydroxylation is 1. The number of fused-ring (bicyclic) bond motifs is 1. The zero-order chi connectivity index (χ0) is 13.9. The Bertz CT molecular complexity index is 624. The van der Waals surface area contributed by atoms with Crippen molar-refractivity contribution in [2.45, 2.75) is 26.3 Å². The molecule has 0 atom stereocenters. The van der Waals surface area contributed by atoms with Gasteiger partial charge in [-0.3, -0.25) is 0 Å². The second-order valence-electron chi connectivity index (χ2n) is 4.92. The van der Waals surface area contributed by atoms with Gasteiger partial charge in [0.05, 0.1) is 5.69 Å². The summed E-state index contributed by atoms with van der Waals surface area (Å²) in [7, 11) is 0. The minimum atomic E-state index is 0.335. The van der Waals surface area contributed by atoms with Crippen LogP contribution in [0.3, 0.4) is 0 Å². The highest BCUT2D eigenvalue weighted by Crippen LogP contribution is 2.26. The normalized spacial score (nSPS) is 13.8. The van der Waals surface area contributed by atoms with Gasteiger partial charge in [-0.25, -0.2) is 4.98 Å². The third-order valence-corrected chi connectivity index (χ3v) is 3.60. The van der Waals surface area contributed by atoms with Crippen molar-refractivity contribution in [3.63, 3.8) is 0 Å². The van der Waals surface area contributed by atoms with E-state index in [1.165, 1.54) is 5.56 Å². The van der Waals surface area contributed by atoms with E-state index in [0.717, 1.165) is 48.7 Å². The first-order chi connectivity index (χ1) is 9.78. The Hall–Kier alpha value is -2.14. The van der Waals surface area contributed by atoms with Crippen LogP contribution in [0, 0.1) is 0 Å². The van der Waals surface area contributed by atoms with Crippen LogP contribution in [-0.2, 0) is 19.4 Å². The third-order valence-electron chi connectivity index (χ3n) is 3.60. The van der Waals surface area contributed by atoms with Crippen molar-refractivity contribution in [1.29, 1.82) is 0 Å². The molecule has 5 nitrogen and oxygen atoms in total. The second-order valence-corrected chi connectivity index (χ2v) is 4.92. The molecule has 1 aromatic carbocycles. The van der Waals surface area contributed by atoms with E-state index in [2.05, 4.69) is 45.7 Å². The predicted octanol–water partition coefficient (Wildman–Crippen LogP) is 2.01. The average molecular weight is 269 g/mol. The van der Waals surface area contributed by atoms with Crippen LogP contribution in [0.15, 0.2) is 24.3 Å². The summed E-state index contributed by atoms with van der Waals surface area (Å²) in [4.78, 5) is 8.72. The predicted molar refractivity (Wildman–Crippen MR) is 81.0 cm³/mol. The summed E-state index contributed by atoms with van der Waals surface area (Å²) in [6.45, 7) is 3.87. The van der Waals surface area contributed by atoms with Crippen molar-refractivity contribution < 1.29 is 0 Å². The molecule has 4 N–H and O–H groups in total. The number of hydrogen-bond donors (Lipinski definition) is 3. The van der Waals surface area contributed by atoms with E-state index in [9.17, 15) is 0 Å². The Labute approximate surface area is 118 Å². The molecule has 0 bridgehead atoms. The maximum atomic E-state index is 5.82. The lowest BCUT2D eigenvalue weighted by Crippen LogP contribution is -2.26. The van der Waals surface area contributed by atoms with Gasteiger partial charge in [-0.15, -0.1) is 0 Å². The van der Waals surface area contributed by atoms with Crippen molar-refractivity contribution in [1.82, 2.24) is 15.3 Å². The Morgan fingerprint density at radius 3 is 3.00 bits per heavy atom. The molecular weight excluding hydrogens is 250 g/mol. The molecule has 104 valence electrons. The Morgan fingerprint density at radius 2 is 2.15 bits per heavy atom. The van der Waals surface area contributed by atoms with Gasteiger partial charge in [-0.2, -0.15) is 4.98 Å². The lowest BCUT2D eigenvalue weighted by Gasteiger charge is -2.20. The second kappa shape index (κ2) is 5.46. The number of nitrogens with one attached hydrogen (secondary N) is 2. The van der Waals surface area contributed by atoms with E-state index < -0.39 is 0 Å². The molecule has 0 amide bonds. The van der Waals surface area contributed by atoms with Gasteiger partial charge in [0.25, 0.3) is 0 Å². The molecule has 0 saturated heterocycles. The maximum Gasteiger partial charge on any atom is 0.222 e. The molecule has 0 fully saturated rings. The first-order valence-electron chi connectivity index (χ1n) is 6.99. The molecule has 1 aliphatic rings. The van der Waals surface area contributed by atoms with Gasteiger partial charge in [0.2, 0.25) is 5.95 Å². The molecule has 20 heavy (non-hydrogen) atoms. The number of nitrogens with zero attached hydrogens (tertiary/aromatic N) is 2. The van der Waals surface area contributed by atoms with Crippen LogP contribution in [0.4, 0.5) is 17.5 Å². The van der Waals surface area contributed by atoms with Crippen LogP contribution in [0.2, 0.25) is 0 Å². The highest BCUT2D eigenvalue weighted by Gasteiger charge is 2.17. The molecule has 5 heteroatoms. The average Bonchev–Trinajstić information content (AvgIpc) is 2.47. The summed E-state index contributed by atoms with van der Waals surface area (Å²) in [6, 6.07) is 8.27. The summed E-state index contributed by atoms with van der Waals surface area (Å²) in [5.74, 6) is 1.16. The molecule has 0 saturated carbocycles. The minimum Gasteiger partial charge on any atom is -0.368 e. The molecular formula is C15H19N5. The van der Waals surface area contributed by atoms with Gasteiger partial charge < -0.3 is 16.4 Å². The number of benzene rings is 1. The van der Waals surface area contributed by atoms with Crippen LogP contribution in [0.25, 0.3) is 0 Å². The summed E-state index contributed by atoms with van der Waals surface area (Å²) in [5, 5.41) is 6.78. The zero-order valence-corrected chi connectivity index (χ0v) is 11.6. The Morgan fingerprint density at radius 1 is 1.30 bits per heavy atom. The lowest BCUT2D eigenvalue weighted by atomic mass is 10.1. The van der Waals surface area contributed by atoms with Crippen molar-refractivity contribution in [2.75, 3.05) is 17.6 Å². The van der Waals surface area contributed by atoms with E-state index in [4.69, 9.17) is 5.73 Å². The van der Waals surface area contributed by atoms with Gasteiger partial charge >= 0.3 is 0 Å². The summed E-state index contributed by atoms with van der Waals surface area (Å²) < 4.78 is 0. The Kier molecular flexibility index (Phi) is 3.52. The SMILES string of the molecule is CCc1ccccc1Nc1nc(N)nc2c1CNCC2. The van der Waals surface area contributed by atoms with E-state index in [1.807, 2.05) is 6.07 Å². The molecule has 2 heterocycles. The first kappa shape index (κ1) is 12.9. The van der Waals surface area contributed by atoms with Gasteiger partial charge in [0.1, 0.15) is 5.82 Å². The monoisotopic (exact) mass is 269 g/mol. The number of anilines is 3. The number of nitrogen functional groups attached to an aromatic ring is 1. The summed E-state index contributed by atoms with van der Waals surface area (Å²) in [6.07, 6.45) is 1.87.